The van der Waals surface area contributed by atoms with Crippen LogP contribution in [0.5, 0.6) is 5.75 Å². The van der Waals surface area contributed by atoms with Crippen LogP contribution in [0.25, 0.3) is 0 Å². The number of hydrogen-bond acceptors (Lipinski definition) is 3. The summed E-state index contributed by atoms with van der Waals surface area (Å²) in [5.41, 5.74) is 6.85. The normalized spacial score (nSPS) is 30.2. The molecule has 0 radical (unpaired) electrons. The maximum Gasteiger partial charge on any atom is 0.248 e. The van der Waals surface area contributed by atoms with Gasteiger partial charge in [0.15, 0.2) is 0 Å². The molecule has 0 heterocycles. The number of carbonyl (C=O) groups excluding carboxylic acids is 1. The lowest BCUT2D eigenvalue weighted by molar-refractivity contribution is -0.139. The zero-order valence-electron chi connectivity index (χ0n) is 18.5. The summed E-state index contributed by atoms with van der Waals surface area (Å²) >= 11 is 0. The quantitative estimate of drug-likeness (QED) is 0.603. The molecule has 4 saturated carbocycles. The predicted octanol–water partition coefficient (Wildman–Crippen LogP) is 5.16. The first-order valence-corrected chi connectivity index (χ1v) is 11.7. The third-order valence-corrected chi connectivity index (χ3v) is 8.09. The first kappa shape index (κ1) is 23.1. The number of nitrogens with two attached hydrogens (primary N) is 1. The molecule has 3 N–H and O–H groups in total. The summed E-state index contributed by atoms with van der Waals surface area (Å²) in [6.07, 6.45) is 6.30. The van der Waals surface area contributed by atoms with Gasteiger partial charge in [0.2, 0.25) is 11.8 Å². The van der Waals surface area contributed by atoms with Crippen molar-refractivity contribution in [1.29, 1.82) is 0 Å². The molecule has 0 spiro atoms. The van der Waals surface area contributed by atoms with Crippen LogP contribution in [0.1, 0.15) is 69.8 Å². The van der Waals surface area contributed by atoms with Crippen LogP contribution < -0.4 is 15.8 Å². The zero-order chi connectivity index (χ0) is 22.8. The Bertz CT molecular complexity index is 819. The number of alkyl halides is 2. The molecule has 176 valence electrons. The van der Waals surface area contributed by atoms with E-state index in [0.717, 1.165) is 38.5 Å². The van der Waals surface area contributed by atoms with Gasteiger partial charge in [-0.05, 0) is 74.5 Å². The van der Waals surface area contributed by atoms with E-state index in [1.165, 1.54) is 5.56 Å². The van der Waals surface area contributed by atoms with Crippen molar-refractivity contribution in [2.75, 3.05) is 13.2 Å². The maximum absolute atomic E-state index is 13.4. The molecule has 0 unspecified atom stereocenters. The second kappa shape index (κ2) is 9.08. The SMILES string of the molecule is NCC(=CF)COc1ccc(C23CCC(C(=O)NC4CCC(F)(F)CC4)(CC2)CC3)cc1. The van der Waals surface area contributed by atoms with E-state index in [-0.39, 0.29) is 48.8 Å². The summed E-state index contributed by atoms with van der Waals surface area (Å²) in [5, 5.41) is 3.11. The summed E-state index contributed by atoms with van der Waals surface area (Å²) in [6.45, 7) is 0.258. The molecular weight excluding hydrogens is 417 g/mol. The number of hydrogen-bond donors (Lipinski definition) is 2. The van der Waals surface area contributed by atoms with Crippen LogP contribution in [0.4, 0.5) is 13.2 Å². The molecule has 0 atom stereocenters. The third-order valence-electron chi connectivity index (χ3n) is 8.09. The predicted molar refractivity (Wildman–Crippen MR) is 117 cm³/mol. The van der Waals surface area contributed by atoms with Crippen LogP contribution in [0.2, 0.25) is 0 Å². The first-order valence-electron chi connectivity index (χ1n) is 11.7. The number of amides is 1. The van der Waals surface area contributed by atoms with E-state index in [1.54, 1.807) is 0 Å². The lowest BCUT2D eigenvalue weighted by atomic mass is 9.51. The number of fused-ring (bicyclic) bond motifs is 3. The number of halogens is 3. The van der Waals surface area contributed by atoms with Gasteiger partial charge in [-0.1, -0.05) is 12.1 Å². The van der Waals surface area contributed by atoms with Gasteiger partial charge < -0.3 is 15.8 Å². The van der Waals surface area contributed by atoms with Crippen molar-refractivity contribution in [3.8, 4) is 5.75 Å². The Hall–Kier alpha value is -2.02. The highest BCUT2D eigenvalue weighted by molar-refractivity contribution is 5.83. The van der Waals surface area contributed by atoms with Crippen molar-refractivity contribution in [3.05, 3.63) is 41.7 Å². The molecule has 2 bridgehead atoms. The van der Waals surface area contributed by atoms with Gasteiger partial charge >= 0.3 is 0 Å². The van der Waals surface area contributed by atoms with Gasteiger partial charge in [0.05, 0.1) is 6.33 Å². The molecule has 0 aromatic heterocycles. The highest BCUT2D eigenvalue weighted by atomic mass is 19.3. The van der Waals surface area contributed by atoms with Crippen molar-refractivity contribution in [2.45, 2.75) is 81.6 Å². The van der Waals surface area contributed by atoms with E-state index in [0.29, 0.717) is 30.5 Å². The molecule has 1 aromatic carbocycles. The van der Waals surface area contributed by atoms with E-state index in [1.807, 2.05) is 12.1 Å². The summed E-state index contributed by atoms with van der Waals surface area (Å²) in [5.74, 6) is -1.83. The second-order valence-corrected chi connectivity index (χ2v) is 9.95. The molecule has 0 saturated heterocycles. The van der Waals surface area contributed by atoms with E-state index < -0.39 is 5.92 Å². The second-order valence-electron chi connectivity index (χ2n) is 9.95. The first-order chi connectivity index (χ1) is 15.3. The Morgan fingerprint density at radius 3 is 2.16 bits per heavy atom. The zero-order valence-corrected chi connectivity index (χ0v) is 18.5. The van der Waals surface area contributed by atoms with Gasteiger partial charge in [-0.2, -0.15) is 0 Å². The smallest absolute Gasteiger partial charge is 0.248 e. The van der Waals surface area contributed by atoms with Crippen LogP contribution in [0.15, 0.2) is 36.2 Å². The average Bonchev–Trinajstić information content (AvgIpc) is 2.82. The molecule has 1 aromatic rings. The Balaban J connectivity index is 1.34. The Morgan fingerprint density at radius 1 is 1.03 bits per heavy atom. The molecule has 32 heavy (non-hydrogen) atoms. The van der Waals surface area contributed by atoms with Gasteiger partial charge in [-0.3, -0.25) is 4.79 Å². The van der Waals surface area contributed by atoms with E-state index in [9.17, 15) is 18.0 Å². The highest BCUT2D eigenvalue weighted by Crippen LogP contribution is 2.58. The van der Waals surface area contributed by atoms with Crippen molar-refractivity contribution in [3.63, 3.8) is 0 Å². The van der Waals surface area contributed by atoms with Crippen LogP contribution in [0, 0.1) is 5.41 Å². The number of benzene rings is 1. The average molecular weight is 451 g/mol. The number of nitrogens with one attached hydrogen (secondary N) is 1. The van der Waals surface area contributed by atoms with Crippen LogP contribution in [0.3, 0.4) is 0 Å². The fourth-order valence-electron chi connectivity index (χ4n) is 5.70. The van der Waals surface area contributed by atoms with Crippen LogP contribution in [-0.2, 0) is 10.2 Å². The molecule has 1 amide bonds. The summed E-state index contributed by atoms with van der Waals surface area (Å²) < 4.78 is 45.1. The van der Waals surface area contributed by atoms with Gasteiger partial charge in [0.25, 0.3) is 0 Å². The van der Waals surface area contributed by atoms with Crippen molar-refractivity contribution < 1.29 is 22.7 Å². The van der Waals surface area contributed by atoms with Crippen LogP contribution in [-0.4, -0.2) is 31.0 Å². The van der Waals surface area contributed by atoms with Crippen molar-refractivity contribution in [1.82, 2.24) is 5.32 Å². The molecule has 0 aliphatic heterocycles. The number of ether oxygens (including phenoxy) is 1. The Morgan fingerprint density at radius 2 is 1.62 bits per heavy atom. The standard InChI is InChI=1S/C25H33F3N2O2/c26-15-18(16-29)17-32-21-3-1-19(2-4-21)23-9-12-24(13-10-23,14-11-23)22(31)30-20-5-7-25(27,28)8-6-20/h1-4,15,20H,5-14,16-17,29H2,(H,30,31). The van der Waals surface area contributed by atoms with E-state index in [4.69, 9.17) is 10.5 Å². The maximum atomic E-state index is 13.4. The van der Waals surface area contributed by atoms with Gasteiger partial charge in [-0.25, -0.2) is 13.2 Å². The topological polar surface area (TPSA) is 64.3 Å². The third kappa shape index (κ3) is 4.68. The fraction of sp³-hybridized carbons (Fsp3) is 0.640. The van der Waals surface area contributed by atoms with Crippen molar-refractivity contribution in [2.24, 2.45) is 11.1 Å². The summed E-state index contributed by atoms with van der Waals surface area (Å²) in [4.78, 5) is 13.1. The largest absolute Gasteiger partial charge is 0.489 e. The Labute approximate surface area is 187 Å². The molecule has 4 aliphatic carbocycles. The minimum absolute atomic E-state index is 0.0707. The molecule has 4 aliphatic rings. The summed E-state index contributed by atoms with van der Waals surface area (Å²) in [7, 11) is 0. The lowest BCUT2D eigenvalue weighted by Crippen LogP contribution is -2.54. The number of rotatable bonds is 7. The molecule has 7 heteroatoms. The fourth-order valence-corrected chi connectivity index (χ4v) is 5.70. The molecule has 4 fully saturated rings. The van der Waals surface area contributed by atoms with Gasteiger partial charge in [0.1, 0.15) is 12.4 Å². The van der Waals surface area contributed by atoms with E-state index >= 15 is 0 Å². The minimum atomic E-state index is -2.58. The highest BCUT2D eigenvalue weighted by Gasteiger charge is 2.53. The molecule has 5 rings (SSSR count). The van der Waals surface area contributed by atoms with Gasteiger partial charge in [-0.15, -0.1) is 0 Å². The molecular formula is C25H33F3N2O2. The minimum Gasteiger partial charge on any atom is -0.489 e. The van der Waals surface area contributed by atoms with E-state index in [2.05, 4.69) is 17.4 Å². The van der Waals surface area contributed by atoms with Crippen molar-refractivity contribution >= 4 is 5.91 Å². The lowest BCUT2D eigenvalue weighted by Gasteiger charge is -2.53. The summed E-state index contributed by atoms with van der Waals surface area (Å²) in [6, 6.07) is 7.87. The van der Waals surface area contributed by atoms with Crippen LogP contribution >= 0.6 is 0 Å². The Kier molecular flexibility index (Phi) is 6.57. The number of carbonyl (C=O) groups is 1. The monoisotopic (exact) mass is 450 g/mol. The van der Waals surface area contributed by atoms with Gasteiger partial charge in [0, 0.05) is 36.4 Å². The molecule has 4 nitrogen and oxygen atoms in total.